The van der Waals surface area contributed by atoms with Gasteiger partial charge in [0.2, 0.25) is 0 Å². The number of nitrogens with zero attached hydrogens (tertiary/aromatic N) is 1. The molecule has 1 aromatic carbocycles. The van der Waals surface area contributed by atoms with Crippen molar-refractivity contribution in [1.82, 2.24) is 4.90 Å². The summed E-state index contributed by atoms with van der Waals surface area (Å²) in [6.45, 7) is 0. The second kappa shape index (κ2) is 7.67. The summed E-state index contributed by atoms with van der Waals surface area (Å²) in [6, 6.07) is 1.25. The lowest BCUT2D eigenvalue weighted by atomic mass is 9.59. The summed E-state index contributed by atoms with van der Waals surface area (Å²) < 4.78 is 26.0. The minimum atomic E-state index is -1.86. The number of phenols is 1. The van der Waals surface area contributed by atoms with Gasteiger partial charge in [-0.05, 0) is 45.0 Å². The Balaban J connectivity index is 2.08. The van der Waals surface area contributed by atoms with Gasteiger partial charge >= 0.3 is 0 Å². The van der Waals surface area contributed by atoms with Gasteiger partial charge in [0, 0.05) is 24.2 Å². The predicted molar refractivity (Wildman–Crippen MR) is 113 cm³/mol. The molecule has 0 unspecified atom stereocenters. The van der Waals surface area contributed by atoms with Gasteiger partial charge < -0.3 is 25.4 Å². The van der Waals surface area contributed by atoms with E-state index in [0.717, 1.165) is 12.1 Å². The molecule has 1 amide bonds. The van der Waals surface area contributed by atoms with Gasteiger partial charge in [-0.2, -0.15) is 0 Å². The number of halogens is 1. The summed E-state index contributed by atoms with van der Waals surface area (Å²) in [4.78, 5) is 40.5. The number of ketones is 2. The first-order valence-electron chi connectivity index (χ1n) is 10.4. The van der Waals surface area contributed by atoms with Crippen LogP contribution in [0.15, 0.2) is 34.8 Å². The van der Waals surface area contributed by atoms with Crippen molar-refractivity contribution in [3.8, 4) is 5.75 Å². The Kier molecular flexibility index (Phi) is 5.33. The van der Waals surface area contributed by atoms with E-state index in [-0.39, 0.29) is 41.1 Å². The molecule has 0 heterocycles. The number of rotatable bonds is 4. The van der Waals surface area contributed by atoms with Crippen LogP contribution in [-0.4, -0.2) is 72.5 Å². The van der Waals surface area contributed by atoms with E-state index in [1.54, 1.807) is 19.0 Å². The third-order valence-corrected chi connectivity index (χ3v) is 7.02. The first-order valence-corrected chi connectivity index (χ1v) is 10.4. The smallest absolute Gasteiger partial charge is 0.255 e. The van der Waals surface area contributed by atoms with E-state index in [4.69, 9.17) is 15.2 Å². The number of aromatic hydroxyl groups is 1. The molecule has 10 heteroatoms. The standard InChI is InChI=1S/C23H25FN2O7/c1-26(2)17-11-8-9-7-10-12(24)5-6-13(27)15(10)18(28)14(9)21(32-3)23(11,33-4)20(30)16(19(17)29)22(25)31/h5-6,9,11,17,27,30H,7-8H2,1-4H3,(H2,25,31)/t9-,11-,17-,23+/m0/s1. The lowest BCUT2D eigenvalue weighted by Gasteiger charge is -2.52. The predicted octanol–water partition coefficient (Wildman–Crippen LogP) is 1.00. The van der Waals surface area contributed by atoms with Crippen LogP contribution >= 0.6 is 0 Å². The lowest BCUT2D eigenvalue weighted by molar-refractivity contribution is -0.141. The third-order valence-electron chi connectivity index (χ3n) is 7.02. The molecular weight excluding hydrogens is 435 g/mol. The van der Waals surface area contributed by atoms with Gasteiger partial charge in [0.15, 0.2) is 17.2 Å². The zero-order valence-corrected chi connectivity index (χ0v) is 18.6. The van der Waals surface area contributed by atoms with E-state index in [0.29, 0.717) is 0 Å². The average Bonchev–Trinajstić information content (AvgIpc) is 2.74. The summed E-state index contributed by atoms with van der Waals surface area (Å²) in [5.41, 5.74) is 2.94. The molecule has 0 saturated carbocycles. The Morgan fingerprint density at radius 1 is 1.24 bits per heavy atom. The zero-order valence-electron chi connectivity index (χ0n) is 18.6. The first kappa shape index (κ1) is 22.9. The number of primary amides is 1. The molecule has 33 heavy (non-hydrogen) atoms. The van der Waals surface area contributed by atoms with Crippen molar-refractivity contribution >= 4 is 17.5 Å². The molecule has 1 aromatic rings. The molecule has 0 saturated heterocycles. The number of benzene rings is 1. The maximum absolute atomic E-state index is 14.6. The van der Waals surface area contributed by atoms with Crippen LogP contribution in [0.5, 0.6) is 5.75 Å². The van der Waals surface area contributed by atoms with Crippen LogP contribution in [0.3, 0.4) is 0 Å². The Morgan fingerprint density at radius 2 is 1.91 bits per heavy atom. The van der Waals surface area contributed by atoms with Gasteiger partial charge in [-0.3, -0.25) is 19.3 Å². The number of Topliss-reactive ketones (excluding diaryl/α,β-unsaturated/α-hetero) is 2. The van der Waals surface area contributed by atoms with E-state index >= 15 is 0 Å². The maximum atomic E-state index is 14.6. The summed E-state index contributed by atoms with van der Waals surface area (Å²) >= 11 is 0. The topological polar surface area (TPSA) is 139 Å². The average molecular weight is 460 g/mol. The molecule has 0 radical (unpaired) electrons. The van der Waals surface area contributed by atoms with Crippen molar-refractivity contribution in [1.29, 1.82) is 0 Å². The Morgan fingerprint density at radius 3 is 2.45 bits per heavy atom. The lowest BCUT2D eigenvalue weighted by Crippen LogP contribution is -2.63. The van der Waals surface area contributed by atoms with Crippen LogP contribution in [0.4, 0.5) is 4.39 Å². The van der Waals surface area contributed by atoms with Crippen molar-refractivity contribution in [2.45, 2.75) is 24.5 Å². The van der Waals surface area contributed by atoms with E-state index in [9.17, 15) is 29.0 Å². The number of hydrogen-bond acceptors (Lipinski definition) is 8. The quantitative estimate of drug-likeness (QED) is 0.566. The van der Waals surface area contributed by atoms with Gasteiger partial charge in [0.05, 0.1) is 18.7 Å². The van der Waals surface area contributed by atoms with Crippen molar-refractivity contribution in [3.63, 3.8) is 0 Å². The number of allylic oxidation sites excluding steroid dienone is 1. The minimum absolute atomic E-state index is 0.0707. The number of carbonyl (C=O) groups is 3. The van der Waals surface area contributed by atoms with Gasteiger partial charge in [-0.25, -0.2) is 4.39 Å². The Labute approximate surface area is 189 Å². The molecule has 4 atom stereocenters. The van der Waals surface area contributed by atoms with Crippen molar-refractivity contribution in [3.05, 3.63) is 51.7 Å². The normalized spacial score (nSPS) is 29.1. The summed E-state index contributed by atoms with van der Waals surface area (Å²) in [5, 5.41) is 21.5. The van der Waals surface area contributed by atoms with Crippen LogP contribution in [0, 0.1) is 17.7 Å². The fourth-order valence-electron chi connectivity index (χ4n) is 5.76. The van der Waals surface area contributed by atoms with E-state index in [1.807, 2.05) is 0 Å². The zero-order chi connectivity index (χ0) is 24.4. The number of hydrogen-bond donors (Lipinski definition) is 3. The molecule has 0 fully saturated rings. The number of nitrogens with two attached hydrogens (primary N) is 1. The molecule has 3 aliphatic rings. The largest absolute Gasteiger partial charge is 0.508 e. The Bertz CT molecular complexity index is 1160. The number of likely N-dealkylation sites (N-methyl/N-ethyl adjacent to an activating group) is 1. The number of ether oxygens (including phenoxy) is 2. The number of phenolic OH excluding ortho intramolecular Hbond substituents is 1. The second-order valence-corrected chi connectivity index (χ2v) is 8.74. The SMILES string of the molecule is COC1=C2C(=O)c3c(O)ccc(F)c3C[C@H]2C[C@H]2[C@H](N(C)C)C(=O)C(C(N)=O)=C(O)[C@@]12OC. The highest BCUT2D eigenvalue weighted by molar-refractivity contribution is 6.22. The number of methoxy groups -OCH3 is 2. The second-order valence-electron chi connectivity index (χ2n) is 8.74. The van der Waals surface area contributed by atoms with Crippen molar-refractivity contribution < 1.29 is 38.5 Å². The summed E-state index contributed by atoms with van der Waals surface area (Å²) in [7, 11) is 5.81. The van der Waals surface area contributed by atoms with Gasteiger partial charge in [0.1, 0.15) is 28.7 Å². The fourth-order valence-corrected chi connectivity index (χ4v) is 5.76. The molecule has 3 aliphatic carbocycles. The molecule has 9 nitrogen and oxygen atoms in total. The molecule has 0 spiro atoms. The number of fused-ring (bicyclic) bond motifs is 3. The van der Waals surface area contributed by atoms with E-state index in [2.05, 4.69) is 0 Å². The molecule has 176 valence electrons. The summed E-state index contributed by atoms with van der Waals surface area (Å²) in [5.74, 6) is -5.67. The summed E-state index contributed by atoms with van der Waals surface area (Å²) in [6.07, 6.45) is 0.211. The van der Waals surface area contributed by atoms with Crippen LogP contribution in [0.1, 0.15) is 22.3 Å². The van der Waals surface area contributed by atoms with Crippen LogP contribution in [0.25, 0.3) is 0 Å². The van der Waals surface area contributed by atoms with E-state index < -0.39 is 58.1 Å². The third kappa shape index (κ3) is 2.87. The molecular formula is C23H25FN2O7. The highest BCUT2D eigenvalue weighted by Gasteiger charge is 2.64. The number of aliphatic hydroxyl groups excluding tert-OH is 1. The van der Waals surface area contributed by atoms with Gasteiger partial charge in [-0.1, -0.05) is 0 Å². The van der Waals surface area contributed by atoms with Crippen LogP contribution in [-0.2, 0) is 25.5 Å². The molecule has 4 rings (SSSR count). The highest BCUT2D eigenvalue weighted by atomic mass is 19.1. The van der Waals surface area contributed by atoms with Crippen molar-refractivity contribution in [2.24, 2.45) is 17.6 Å². The first-order chi connectivity index (χ1) is 15.5. The number of aliphatic hydroxyl groups is 1. The molecule has 0 bridgehead atoms. The molecule has 4 N–H and O–H groups in total. The van der Waals surface area contributed by atoms with Crippen LogP contribution in [0.2, 0.25) is 0 Å². The molecule has 0 aromatic heterocycles. The van der Waals surface area contributed by atoms with Crippen LogP contribution < -0.4 is 5.73 Å². The van der Waals surface area contributed by atoms with Gasteiger partial charge in [-0.15, -0.1) is 0 Å². The Hall–Kier alpha value is -3.24. The van der Waals surface area contributed by atoms with Gasteiger partial charge in [0.25, 0.3) is 5.91 Å². The fraction of sp³-hybridized carbons (Fsp3) is 0.435. The number of carbonyl (C=O) groups excluding carboxylic acids is 3. The molecule has 0 aliphatic heterocycles. The minimum Gasteiger partial charge on any atom is -0.508 e. The maximum Gasteiger partial charge on any atom is 0.255 e. The highest BCUT2D eigenvalue weighted by Crippen LogP contribution is 2.55. The van der Waals surface area contributed by atoms with E-state index in [1.165, 1.54) is 14.2 Å². The number of amides is 1. The monoisotopic (exact) mass is 460 g/mol. The van der Waals surface area contributed by atoms with Crippen molar-refractivity contribution in [2.75, 3.05) is 28.3 Å².